The molecule has 6 heteroatoms. The van der Waals surface area contributed by atoms with Gasteiger partial charge in [-0.15, -0.1) is 16.4 Å². The summed E-state index contributed by atoms with van der Waals surface area (Å²) in [6, 6.07) is 2.94. The van der Waals surface area contributed by atoms with Gasteiger partial charge in [-0.3, -0.25) is 0 Å². The maximum absolute atomic E-state index is 5.82. The molecule has 1 atom stereocenters. The highest BCUT2D eigenvalue weighted by atomic mass is 32.1. The van der Waals surface area contributed by atoms with Crippen LogP contribution in [-0.2, 0) is 13.0 Å². The lowest BCUT2D eigenvalue weighted by Gasteiger charge is -2.24. The summed E-state index contributed by atoms with van der Waals surface area (Å²) in [6.45, 7) is 6.98. The lowest BCUT2D eigenvalue weighted by atomic mass is 10.1. The molecule has 1 aliphatic rings. The van der Waals surface area contributed by atoms with Crippen molar-refractivity contribution in [2.45, 2.75) is 39.3 Å². The van der Waals surface area contributed by atoms with E-state index >= 15 is 0 Å². The molecule has 2 aromatic rings. The third-order valence-corrected chi connectivity index (χ3v) is 4.60. The normalized spacial score (nSPS) is 16.2. The van der Waals surface area contributed by atoms with Crippen molar-refractivity contribution in [2.75, 3.05) is 18.0 Å². The number of thiophene rings is 1. The minimum Gasteiger partial charge on any atom is -0.406 e. The van der Waals surface area contributed by atoms with Gasteiger partial charge in [0.25, 0.3) is 0 Å². The van der Waals surface area contributed by atoms with Gasteiger partial charge in [0, 0.05) is 18.0 Å². The van der Waals surface area contributed by atoms with E-state index in [-0.39, 0.29) is 6.04 Å². The zero-order chi connectivity index (χ0) is 13.9. The first kappa shape index (κ1) is 13.6. The maximum Gasteiger partial charge on any atom is 0.318 e. The largest absolute Gasteiger partial charge is 0.406 e. The molecule has 0 saturated heterocycles. The van der Waals surface area contributed by atoms with Crippen molar-refractivity contribution in [3.63, 3.8) is 0 Å². The molecule has 2 aromatic heterocycles. The topological polar surface area (TPSA) is 54.2 Å². The van der Waals surface area contributed by atoms with E-state index in [4.69, 9.17) is 4.42 Å². The molecule has 0 aromatic carbocycles. The predicted molar refractivity (Wildman–Crippen MR) is 80.1 cm³/mol. The van der Waals surface area contributed by atoms with Crippen LogP contribution in [0.5, 0.6) is 0 Å². The van der Waals surface area contributed by atoms with Crippen LogP contribution < -0.4 is 10.2 Å². The second kappa shape index (κ2) is 5.93. The first-order valence-corrected chi connectivity index (χ1v) is 8.03. The molecular formula is C14H20N4OS. The van der Waals surface area contributed by atoms with E-state index in [1.807, 2.05) is 11.3 Å². The SMILES string of the molecule is CCCNC(C)c1nnc(N2CCc3sccc3C2)o1. The van der Waals surface area contributed by atoms with E-state index in [0.29, 0.717) is 11.9 Å². The molecule has 3 heterocycles. The Labute approximate surface area is 123 Å². The molecule has 0 bridgehead atoms. The van der Waals surface area contributed by atoms with Gasteiger partial charge in [0.15, 0.2) is 0 Å². The predicted octanol–water partition coefficient (Wildman–Crippen LogP) is 2.75. The quantitative estimate of drug-likeness (QED) is 0.918. The van der Waals surface area contributed by atoms with Crippen molar-refractivity contribution in [1.29, 1.82) is 0 Å². The van der Waals surface area contributed by atoms with Crippen LogP contribution in [0.25, 0.3) is 0 Å². The van der Waals surface area contributed by atoms with Gasteiger partial charge in [0.05, 0.1) is 6.04 Å². The van der Waals surface area contributed by atoms with Crippen LogP contribution in [0.15, 0.2) is 15.9 Å². The Balaban J connectivity index is 1.68. The van der Waals surface area contributed by atoms with Crippen molar-refractivity contribution in [3.8, 4) is 0 Å². The number of rotatable bonds is 5. The zero-order valence-electron chi connectivity index (χ0n) is 11.9. The third-order valence-electron chi connectivity index (χ3n) is 3.58. The summed E-state index contributed by atoms with van der Waals surface area (Å²) in [4.78, 5) is 3.65. The van der Waals surface area contributed by atoms with E-state index in [9.17, 15) is 0 Å². The summed E-state index contributed by atoms with van der Waals surface area (Å²) in [7, 11) is 0. The number of fused-ring (bicyclic) bond motifs is 1. The Morgan fingerprint density at radius 2 is 2.40 bits per heavy atom. The average Bonchev–Trinajstić information content (AvgIpc) is 3.12. The average molecular weight is 292 g/mol. The van der Waals surface area contributed by atoms with E-state index < -0.39 is 0 Å². The molecule has 0 spiro atoms. The molecule has 0 aliphatic carbocycles. The Hall–Kier alpha value is -1.40. The van der Waals surface area contributed by atoms with E-state index in [2.05, 4.69) is 45.7 Å². The van der Waals surface area contributed by atoms with Gasteiger partial charge in [-0.1, -0.05) is 12.0 Å². The van der Waals surface area contributed by atoms with Crippen molar-refractivity contribution in [1.82, 2.24) is 15.5 Å². The summed E-state index contributed by atoms with van der Waals surface area (Å²) in [5.74, 6) is 0.671. The van der Waals surface area contributed by atoms with Crippen molar-refractivity contribution in [2.24, 2.45) is 0 Å². The van der Waals surface area contributed by atoms with Crippen LogP contribution in [0.3, 0.4) is 0 Å². The van der Waals surface area contributed by atoms with Crippen LogP contribution in [-0.4, -0.2) is 23.3 Å². The molecule has 1 aliphatic heterocycles. The molecule has 108 valence electrons. The minimum absolute atomic E-state index is 0.109. The molecule has 0 radical (unpaired) electrons. The van der Waals surface area contributed by atoms with Crippen LogP contribution in [0.2, 0.25) is 0 Å². The fraction of sp³-hybridized carbons (Fsp3) is 0.571. The number of nitrogens with zero attached hydrogens (tertiary/aromatic N) is 3. The number of hydrogen-bond donors (Lipinski definition) is 1. The van der Waals surface area contributed by atoms with Crippen LogP contribution >= 0.6 is 11.3 Å². The zero-order valence-corrected chi connectivity index (χ0v) is 12.7. The number of hydrogen-bond acceptors (Lipinski definition) is 6. The van der Waals surface area contributed by atoms with E-state index in [1.54, 1.807) is 0 Å². The van der Waals surface area contributed by atoms with Gasteiger partial charge >= 0.3 is 6.01 Å². The summed E-state index contributed by atoms with van der Waals surface area (Å²) >= 11 is 1.84. The maximum atomic E-state index is 5.82. The fourth-order valence-corrected chi connectivity index (χ4v) is 3.28. The van der Waals surface area contributed by atoms with Gasteiger partial charge in [-0.05, 0) is 43.3 Å². The Kier molecular flexibility index (Phi) is 4.03. The Bertz CT molecular complexity index is 565. The highest BCUT2D eigenvalue weighted by molar-refractivity contribution is 7.10. The van der Waals surface area contributed by atoms with Crippen LogP contribution in [0.4, 0.5) is 6.01 Å². The summed E-state index contributed by atoms with van der Waals surface area (Å²) in [6.07, 6.45) is 2.16. The third kappa shape index (κ3) is 2.71. The highest BCUT2D eigenvalue weighted by Crippen LogP contribution is 2.27. The molecule has 0 saturated carbocycles. The second-order valence-corrected chi connectivity index (χ2v) is 6.14. The Morgan fingerprint density at radius 3 is 3.25 bits per heavy atom. The minimum atomic E-state index is 0.109. The van der Waals surface area contributed by atoms with Crippen molar-refractivity contribution in [3.05, 3.63) is 27.8 Å². The molecule has 1 N–H and O–H groups in total. The van der Waals surface area contributed by atoms with Gasteiger partial charge < -0.3 is 14.6 Å². The van der Waals surface area contributed by atoms with E-state index in [0.717, 1.165) is 32.5 Å². The second-order valence-electron chi connectivity index (χ2n) is 5.14. The molecule has 3 rings (SSSR count). The van der Waals surface area contributed by atoms with Crippen molar-refractivity contribution < 1.29 is 4.42 Å². The molecule has 0 amide bonds. The van der Waals surface area contributed by atoms with Gasteiger partial charge in [-0.25, -0.2) is 0 Å². The lowest BCUT2D eigenvalue weighted by Crippen LogP contribution is -2.29. The van der Waals surface area contributed by atoms with Gasteiger partial charge in [-0.2, -0.15) is 0 Å². The number of anilines is 1. The molecule has 1 unspecified atom stereocenters. The number of aromatic nitrogens is 2. The molecule has 5 nitrogen and oxygen atoms in total. The van der Waals surface area contributed by atoms with Crippen LogP contribution in [0.1, 0.15) is 42.6 Å². The monoisotopic (exact) mass is 292 g/mol. The number of nitrogens with one attached hydrogen (secondary N) is 1. The summed E-state index contributed by atoms with van der Waals surface area (Å²) in [5.41, 5.74) is 1.39. The summed E-state index contributed by atoms with van der Waals surface area (Å²) in [5, 5.41) is 13.9. The van der Waals surface area contributed by atoms with Crippen molar-refractivity contribution >= 4 is 17.4 Å². The molecule has 0 fully saturated rings. The first-order valence-electron chi connectivity index (χ1n) is 7.15. The lowest BCUT2D eigenvalue weighted by molar-refractivity contribution is 0.412. The smallest absolute Gasteiger partial charge is 0.318 e. The standard InChI is InChI=1S/C14H20N4OS/c1-3-6-15-10(2)13-16-17-14(19-13)18-7-4-12-11(9-18)5-8-20-12/h5,8,10,15H,3-4,6-7,9H2,1-2H3. The first-order chi connectivity index (χ1) is 9.78. The molecular weight excluding hydrogens is 272 g/mol. The Morgan fingerprint density at radius 1 is 1.50 bits per heavy atom. The van der Waals surface area contributed by atoms with Crippen LogP contribution in [0, 0.1) is 0 Å². The fourth-order valence-electron chi connectivity index (χ4n) is 2.39. The molecule has 20 heavy (non-hydrogen) atoms. The van der Waals surface area contributed by atoms with Gasteiger partial charge in [0.2, 0.25) is 5.89 Å². The van der Waals surface area contributed by atoms with Gasteiger partial charge in [0.1, 0.15) is 0 Å². The highest BCUT2D eigenvalue weighted by Gasteiger charge is 2.22. The van der Waals surface area contributed by atoms with E-state index in [1.165, 1.54) is 10.4 Å². The summed E-state index contributed by atoms with van der Waals surface area (Å²) < 4.78 is 5.82.